The molecule has 14 heavy (non-hydrogen) atoms. The van der Waals surface area contributed by atoms with Gasteiger partial charge in [0.25, 0.3) is 0 Å². The van der Waals surface area contributed by atoms with Crippen LogP contribution in [0.15, 0.2) is 22.8 Å². The maximum Gasteiger partial charge on any atom is 0.214 e. The van der Waals surface area contributed by atoms with Gasteiger partial charge in [0, 0.05) is 6.54 Å². The molecule has 78 valence electrons. The summed E-state index contributed by atoms with van der Waals surface area (Å²) in [5.41, 5.74) is 0. The molecule has 0 aliphatic carbocycles. The predicted molar refractivity (Wildman–Crippen MR) is 52.1 cm³/mol. The monoisotopic (exact) mass is 215 g/mol. The minimum atomic E-state index is -3.03. The first-order chi connectivity index (χ1) is 6.68. The molecule has 0 bridgehead atoms. The van der Waals surface area contributed by atoms with E-state index in [0.29, 0.717) is 18.8 Å². The summed E-state index contributed by atoms with van der Waals surface area (Å²) in [6, 6.07) is 3.57. The third-order valence-electron chi connectivity index (χ3n) is 2.37. The van der Waals surface area contributed by atoms with Crippen molar-refractivity contribution in [2.45, 2.75) is 19.4 Å². The highest BCUT2D eigenvalue weighted by molar-refractivity contribution is 7.89. The van der Waals surface area contributed by atoms with Crippen LogP contribution in [0.3, 0.4) is 0 Å². The number of sulfonamides is 1. The van der Waals surface area contributed by atoms with Gasteiger partial charge in [0.05, 0.1) is 18.6 Å². The third kappa shape index (κ3) is 1.99. The van der Waals surface area contributed by atoms with Crippen LogP contribution in [0, 0.1) is 0 Å². The predicted octanol–water partition coefficient (Wildman–Crippen LogP) is 1.21. The molecule has 0 spiro atoms. The molecule has 0 radical (unpaired) electrons. The van der Waals surface area contributed by atoms with E-state index in [-0.39, 0.29) is 5.75 Å². The number of furan rings is 1. The minimum absolute atomic E-state index is 0.272. The quantitative estimate of drug-likeness (QED) is 0.745. The van der Waals surface area contributed by atoms with Crippen molar-refractivity contribution in [3.8, 4) is 0 Å². The van der Waals surface area contributed by atoms with E-state index in [9.17, 15) is 8.42 Å². The zero-order valence-electron chi connectivity index (χ0n) is 7.85. The summed E-state index contributed by atoms with van der Waals surface area (Å²) in [7, 11) is -3.03. The zero-order chi connectivity index (χ0) is 10.0. The summed E-state index contributed by atoms with van der Waals surface area (Å²) >= 11 is 0. The Labute approximate surface area is 83.6 Å². The van der Waals surface area contributed by atoms with E-state index < -0.39 is 10.0 Å². The fourth-order valence-electron chi connectivity index (χ4n) is 1.59. The summed E-state index contributed by atoms with van der Waals surface area (Å²) in [5.74, 6) is 0.976. The van der Waals surface area contributed by atoms with Gasteiger partial charge in [-0.15, -0.1) is 0 Å². The summed E-state index contributed by atoms with van der Waals surface area (Å²) < 4.78 is 29.8. The van der Waals surface area contributed by atoms with Crippen LogP contribution in [0.4, 0.5) is 0 Å². The lowest BCUT2D eigenvalue weighted by Gasteiger charge is -2.25. The fourth-order valence-corrected chi connectivity index (χ4v) is 3.15. The summed E-state index contributed by atoms with van der Waals surface area (Å²) in [4.78, 5) is 0. The Balaban J connectivity index is 2.10. The second-order valence-corrected chi connectivity index (χ2v) is 5.52. The summed E-state index contributed by atoms with van der Waals surface area (Å²) in [6.07, 6.45) is 3.28. The normalized spacial score (nSPS) is 22.3. The van der Waals surface area contributed by atoms with Crippen LogP contribution in [0.5, 0.6) is 0 Å². The maximum atomic E-state index is 11.6. The maximum absolute atomic E-state index is 11.6. The Morgan fingerprint density at radius 1 is 1.43 bits per heavy atom. The number of rotatable bonds is 2. The average Bonchev–Trinajstić information content (AvgIpc) is 2.61. The zero-order valence-corrected chi connectivity index (χ0v) is 8.66. The standard InChI is InChI=1S/C9H13NO3S/c11-14(12)7-2-1-5-10(14)8-9-4-3-6-13-9/h3-4,6H,1-2,5,7-8H2. The van der Waals surface area contributed by atoms with Crippen molar-refractivity contribution in [3.05, 3.63) is 24.2 Å². The Hall–Kier alpha value is -0.810. The van der Waals surface area contributed by atoms with Gasteiger partial charge < -0.3 is 4.42 Å². The van der Waals surface area contributed by atoms with Gasteiger partial charge in [-0.3, -0.25) is 0 Å². The van der Waals surface area contributed by atoms with Crippen LogP contribution in [-0.4, -0.2) is 25.0 Å². The van der Waals surface area contributed by atoms with Crippen molar-refractivity contribution in [3.63, 3.8) is 0 Å². The van der Waals surface area contributed by atoms with Gasteiger partial charge in [-0.05, 0) is 25.0 Å². The van der Waals surface area contributed by atoms with Crippen molar-refractivity contribution >= 4 is 10.0 Å². The molecule has 0 N–H and O–H groups in total. The largest absolute Gasteiger partial charge is 0.468 e. The molecule has 0 aromatic carbocycles. The molecular weight excluding hydrogens is 202 g/mol. The van der Waals surface area contributed by atoms with Crippen molar-refractivity contribution < 1.29 is 12.8 Å². The fraction of sp³-hybridized carbons (Fsp3) is 0.556. The lowest BCUT2D eigenvalue weighted by Crippen LogP contribution is -2.37. The molecule has 1 aliphatic heterocycles. The molecule has 0 amide bonds. The van der Waals surface area contributed by atoms with Gasteiger partial charge in [-0.25, -0.2) is 8.42 Å². The summed E-state index contributed by atoms with van der Waals surface area (Å²) in [6.45, 7) is 0.984. The van der Waals surface area contributed by atoms with E-state index in [4.69, 9.17) is 4.42 Å². The van der Waals surface area contributed by atoms with Gasteiger partial charge in [0.1, 0.15) is 5.76 Å². The Bertz CT molecular complexity index is 382. The van der Waals surface area contributed by atoms with Crippen LogP contribution < -0.4 is 0 Å². The lowest BCUT2D eigenvalue weighted by molar-refractivity contribution is 0.344. The first-order valence-electron chi connectivity index (χ1n) is 4.69. The van der Waals surface area contributed by atoms with Crippen LogP contribution >= 0.6 is 0 Å². The third-order valence-corrected chi connectivity index (χ3v) is 4.27. The van der Waals surface area contributed by atoms with Crippen molar-refractivity contribution in [2.75, 3.05) is 12.3 Å². The SMILES string of the molecule is O=S1(=O)CCCCN1Cc1ccco1. The van der Waals surface area contributed by atoms with Gasteiger partial charge in [-0.2, -0.15) is 4.31 Å². The second kappa shape index (κ2) is 3.74. The average molecular weight is 215 g/mol. The van der Waals surface area contributed by atoms with Crippen LogP contribution in [-0.2, 0) is 16.6 Å². The van der Waals surface area contributed by atoms with E-state index in [1.165, 1.54) is 4.31 Å². The molecule has 5 heteroatoms. The molecule has 1 saturated heterocycles. The second-order valence-electron chi connectivity index (χ2n) is 3.44. The van der Waals surface area contributed by atoms with Crippen molar-refractivity contribution in [2.24, 2.45) is 0 Å². The molecule has 1 aliphatic rings. The first-order valence-corrected chi connectivity index (χ1v) is 6.29. The van der Waals surface area contributed by atoms with Gasteiger partial charge in [-0.1, -0.05) is 0 Å². The van der Waals surface area contributed by atoms with Gasteiger partial charge in [0.15, 0.2) is 0 Å². The highest BCUT2D eigenvalue weighted by Gasteiger charge is 2.26. The topological polar surface area (TPSA) is 50.5 Å². The van der Waals surface area contributed by atoms with E-state index in [0.717, 1.165) is 12.8 Å². The Kier molecular flexibility index (Phi) is 2.60. The molecule has 0 atom stereocenters. The number of hydrogen-bond donors (Lipinski definition) is 0. The van der Waals surface area contributed by atoms with Gasteiger partial charge in [0.2, 0.25) is 10.0 Å². The molecular formula is C9H13NO3S. The molecule has 1 aromatic rings. The Morgan fingerprint density at radius 2 is 2.29 bits per heavy atom. The molecule has 2 heterocycles. The van der Waals surface area contributed by atoms with Gasteiger partial charge >= 0.3 is 0 Å². The molecule has 0 saturated carbocycles. The highest BCUT2D eigenvalue weighted by atomic mass is 32.2. The smallest absolute Gasteiger partial charge is 0.214 e. The first kappa shape index (κ1) is 9.73. The van der Waals surface area contributed by atoms with Crippen LogP contribution in [0.2, 0.25) is 0 Å². The minimum Gasteiger partial charge on any atom is -0.468 e. The molecule has 4 nitrogen and oxygen atoms in total. The number of nitrogens with zero attached hydrogens (tertiary/aromatic N) is 1. The lowest BCUT2D eigenvalue weighted by atomic mass is 10.3. The number of hydrogen-bond acceptors (Lipinski definition) is 3. The van der Waals surface area contributed by atoms with Crippen LogP contribution in [0.25, 0.3) is 0 Å². The molecule has 1 fully saturated rings. The van der Waals surface area contributed by atoms with Crippen LogP contribution in [0.1, 0.15) is 18.6 Å². The summed E-state index contributed by atoms with van der Waals surface area (Å²) in [5, 5.41) is 0. The van der Waals surface area contributed by atoms with Crippen molar-refractivity contribution in [1.82, 2.24) is 4.31 Å². The molecule has 1 aromatic heterocycles. The van der Waals surface area contributed by atoms with Crippen molar-refractivity contribution in [1.29, 1.82) is 0 Å². The van der Waals surface area contributed by atoms with E-state index in [1.807, 2.05) is 0 Å². The molecule has 2 rings (SSSR count). The Morgan fingerprint density at radius 3 is 2.93 bits per heavy atom. The van der Waals surface area contributed by atoms with E-state index in [1.54, 1.807) is 18.4 Å². The molecule has 0 unspecified atom stereocenters. The van der Waals surface area contributed by atoms with E-state index >= 15 is 0 Å². The van der Waals surface area contributed by atoms with E-state index in [2.05, 4.69) is 0 Å². The highest BCUT2D eigenvalue weighted by Crippen LogP contribution is 2.16.